The van der Waals surface area contributed by atoms with Gasteiger partial charge in [-0.15, -0.1) is 0 Å². The number of nitrogens with one attached hydrogen (secondary N) is 1. The fraction of sp³-hybridized carbons (Fsp3) is 0.439. The van der Waals surface area contributed by atoms with E-state index in [9.17, 15) is 14.4 Å². The van der Waals surface area contributed by atoms with Gasteiger partial charge in [0.1, 0.15) is 23.4 Å². The van der Waals surface area contributed by atoms with E-state index < -0.39 is 24.0 Å². The highest BCUT2D eigenvalue weighted by Gasteiger charge is 2.38. The van der Waals surface area contributed by atoms with Gasteiger partial charge in [0.25, 0.3) is 0 Å². The van der Waals surface area contributed by atoms with Crippen molar-refractivity contribution in [3.8, 4) is 11.5 Å². The number of hydrogen-bond donors (Lipinski definition) is 1. The Kier molecular flexibility index (Phi) is 10.5. The molecule has 2 heterocycles. The summed E-state index contributed by atoms with van der Waals surface area (Å²) in [4.78, 5) is 38.6. The predicted molar refractivity (Wildman–Crippen MR) is 190 cm³/mol. The van der Waals surface area contributed by atoms with Crippen LogP contribution in [0.2, 0.25) is 0 Å². The van der Waals surface area contributed by atoms with Crippen LogP contribution in [0.4, 0.5) is 10.5 Å². The molecule has 2 atom stereocenters. The quantitative estimate of drug-likeness (QED) is 0.165. The van der Waals surface area contributed by atoms with Gasteiger partial charge in [-0.1, -0.05) is 88.6 Å². The lowest BCUT2D eigenvalue weighted by Gasteiger charge is -2.34. The number of ether oxygens (including phenoxy) is 3. The SMILES string of the molecule is COC(=O)OC(C1CCCCC1)C(CCc1ccc(C(C)(C)C)c(NC(=O)CC2c3ccccc3Oc3ccccc32)c1)c1oc(=O)oc1C. The highest BCUT2D eigenvalue weighted by Crippen LogP contribution is 2.46. The maximum Gasteiger partial charge on any atom is 0.519 e. The molecule has 0 bridgehead atoms. The molecule has 4 aromatic rings. The average Bonchev–Trinajstić information content (AvgIpc) is 3.44. The summed E-state index contributed by atoms with van der Waals surface area (Å²) in [6.07, 6.45) is 5.03. The number of carbonyl (C=O) groups excluding carboxylic acids is 2. The van der Waals surface area contributed by atoms with E-state index in [1.54, 1.807) is 6.92 Å². The Bertz CT molecular complexity index is 1830. The zero-order valence-corrected chi connectivity index (χ0v) is 29.6. The van der Waals surface area contributed by atoms with Gasteiger partial charge in [0.2, 0.25) is 5.91 Å². The minimum atomic E-state index is -0.780. The van der Waals surface area contributed by atoms with Gasteiger partial charge in [-0.2, -0.15) is 0 Å². The number of para-hydroxylation sites is 2. The van der Waals surface area contributed by atoms with Gasteiger partial charge in [0.05, 0.1) is 13.0 Å². The molecule has 1 aliphatic heterocycles. The largest absolute Gasteiger partial charge is 0.519 e. The fourth-order valence-electron chi connectivity index (χ4n) is 7.71. The Morgan fingerprint density at radius 3 is 2.18 bits per heavy atom. The topological polar surface area (TPSA) is 117 Å². The highest BCUT2D eigenvalue weighted by atomic mass is 16.7. The normalized spacial score (nSPS) is 16.0. The van der Waals surface area contributed by atoms with Crippen LogP contribution in [0, 0.1) is 12.8 Å². The number of methoxy groups -OCH3 is 1. The Hall–Kier alpha value is -4.79. The summed E-state index contributed by atoms with van der Waals surface area (Å²) in [7, 11) is 1.30. The molecule has 1 saturated carbocycles. The summed E-state index contributed by atoms with van der Waals surface area (Å²) in [6, 6.07) is 21.9. The number of fused-ring (bicyclic) bond motifs is 2. The molecular formula is C41H47NO8. The molecular weight excluding hydrogens is 634 g/mol. The summed E-state index contributed by atoms with van der Waals surface area (Å²) >= 11 is 0. The van der Waals surface area contributed by atoms with Crippen molar-refractivity contribution in [2.75, 3.05) is 12.4 Å². The van der Waals surface area contributed by atoms with Crippen LogP contribution in [0.1, 0.15) is 111 Å². The standard InChI is InChI=1S/C41H47NO8/c1-25-37(49-40(45)47-25)30(38(50-39(44)46-5)27-13-7-6-8-14-27)21-19-26-20-22-32(41(2,3)4)33(23-26)42-36(43)24-31-28-15-9-11-17-34(28)48-35-18-12-10-16-29(31)35/h9-12,15-18,20,22-23,27,30-31,38H,6-8,13-14,19,21,24H2,1-5H3,(H,42,43). The first-order valence-electron chi connectivity index (χ1n) is 17.7. The Morgan fingerprint density at radius 2 is 1.58 bits per heavy atom. The highest BCUT2D eigenvalue weighted by molar-refractivity contribution is 5.93. The number of anilines is 1. The Morgan fingerprint density at radius 1 is 0.920 bits per heavy atom. The minimum Gasteiger partial charge on any atom is -0.457 e. The first-order chi connectivity index (χ1) is 24.0. The van der Waals surface area contributed by atoms with Crippen molar-refractivity contribution in [3.63, 3.8) is 0 Å². The van der Waals surface area contributed by atoms with E-state index >= 15 is 0 Å². The Labute approximate surface area is 293 Å². The van der Waals surface area contributed by atoms with Gasteiger partial charge >= 0.3 is 12.0 Å². The third kappa shape index (κ3) is 7.82. The monoisotopic (exact) mass is 681 g/mol. The van der Waals surface area contributed by atoms with Crippen LogP contribution in [0.5, 0.6) is 11.5 Å². The van der Waals surface area contributed by atoms with Crippen LogP contribution in [0.3, 0.4) is 0 Å². The van der Waals surface area contributed by atoms with Crippen molar-refractivity contribution < 1.29 is 32.6 Å². The predicted octanol–water partition coefficient (Wildman–Crippen LogP) is 9.55. The third-order valence-corrected chi connectivity index (χ3v) is 10.1. The number of carbonyl (C=O) groups is 2. The van der Waals surface area contributed by atoms with Crippen LogP contribution in [0.25, 0.3) is 0 Å². The number of hydrogen-bond acceptors (Lipinski definition) is 8. The molecule has 264 valence electrons. The molecule has 3 aromatic carbocycles. The van der Waals surface area contributed by atoms with Crippen molar-refractivity contribution in [2.24, 2.45) is 5.92 Å². The number of amides is 1. The van der Waals surface area contributed by atoms with Crippen molar-refractivity contribution in [1.82, 2.24) is 0 Å². The zero-order chi connectivity index (χ0) is 35.4. The molecule has 1 amide bonds. The van der Waals surface area contributed by atoms with E-state index in [0.717, 1.165) is 71.5 Å². The van der Waals surface area contributed by atoms with E-state index in [1.165, 1.54) is 7.11 Å². The number of benzene rings is 3. The molecule has 2 unspecified atom stereocenters. The van der Waals surface area contributed by atoms with Gasteiger partial charge in [-0.3, -0.25) is 4.79 Å². The maximum absolute atomic E-state index is 13.9. The molecule has 6 rings (SSSR count). The summed E-state index contributed by atoms with van der Waals surface area (Å²) in [5.41, 5.74) is 4.50. The number of aryl methyl sites for hydroxylation is 2. The second-order valence-electron chi connectivity index (χ2n) is 14.6. The van der Waals surface area contributed by atoms with Crippen LogP contribution in [-0.2, 0) is 26.1 Å². The van der Waals surface area contributed by atoms with Crippen molar-refractivity contribution in [1.29, 1.82) is 0 Å². The van der Waals surface area contributed by atoms with E-state index in [1.807, 2.05) is 54.6 Å². The second kappa shape index (κ2) is 15.0. The lowest BCUT2D eigenvalue weighted by Crippen LogP contribution is -2.35. The summed E-state index contributed by atoms with van der Waals surface area (Å²) < 4.78 is 27.9. The summed E-state index contributed by atoms with van der Waals surface area (Å²) in [5.74, 6) is 0.928. The van der Waals surface area contributed by atoms with E-state index in [0.29, 0.717) is 24.4 Å². The molecule has 1 aromatic heterocycles. The van der Waals surface area contributed by atoms with Gasteiger partial charge < -0.3 is 28.4 Å². The first kappa shape index (κ1) is 35.1. The van der Waals surface area contributed by atoms with E-state index in [4.69, 9.17) is 23.0 Å². The van der Waals surface area contributed by atoms with Crippen molar-refractivity contribution in [3.05, 3.63) is 111 Å². The van der Waals surface area contributed by atoms with Gasteiger partial charge in [0.15, 0.2) is 5.76 Å². The van der Waals surface area contributed by atoms with Crippen LogP contribution in [-0.4, -0.2) is 25.3 Å². The second-order valence-corrected chi connectivity index (χ2v) is 14.6. The smallest absolute Gasteiger partial charge is 0.457 e. The van der Waals surface area contributed by atoms with Gasteiger partial charge in [-0.05, 0) is 73.3 Å². The first-order valence-corrected chi connectivity index (χ1v) is 17.7. The van der Waals surface area contributed by atoms with Crippen LogP contribution in [0.15, 0.2) is 80.4 Å². The van der Waals surface area contributed by atoms with Crippen molar-refractivity contribution in [2.45, 2.75) is 102 Å². The molecule has 2 aliphatic rings. The molecule has 0 radical (unpaired) electrons. The van der Waals surface area contributed by atoms with Crippen molar-refractivity contribution >= 4 is 17.7 Å². The average molecular weight is 682 g/mol. The van der Waals surface area contributed by atoms with E-state index in [2.05, 4.69) is 38.2 Å². The molecule has 1 fully saturated rings. The zero-order valence-electron chi connectivity index (χ0n) is 29.6. The lowest BCUT2D eigenvalue weighted by molar-refractivity contribution is -0.116. The van der Waals surface area contributed by atoms with Gasteiger partial charge in [0, 0.05) is 29.2 Å². The third-order valence-electron chi connectivity index (χ3n) is 10.1. The lowest BCUT2D eigenvalue weighted by atomic mass is 9.77. The Balaban J connectivity index is 1.27. The fourth-order valence-corrected chi connectivity index (χ4v) is 7.71. The summed E-state index contributed by atoms with van der Waals surface area (Å²) in [5, 5.41) is 3.27. The maximum atomic E-state index is 13.9. The summed E-state index contributed by atoms with van der Waals surface area (Å²) in [6.45, 7) is 8.08. The van der Waals surface area contributed by atoms with E-state index in [-0.39, 0.29) is 29.6 Å². The van der Waals surface area contributed by atoms with Crippen LogP contribution < -0.4 is 15.9 Å². The molecule has 0 saturated heterocycles. The minimum absolute atomic E-state index is 0.0889. The molecule has 9 heteroatoms. The molecule has 9 nitrogen and oxygen atoms in total. The molecule has 1 aliphatic carbocycles. The molecule has 1 N–H and O–H groups in total. The number of rotatable bonds is 10. The van der Waals surface area contributed by atoms with Crippen LogP contribution >= 0.6 is 0 Å². The van der Waals surface area contributed by atoms with Gasteiger partial charge in [-0.25, -0.2) is 9.59 Å². The molecule has 0 spiro atoms. The molecule has 50 heavy (non-hydrogen) atoms.